The van der Waals surface area contributed by atoms with Crippen molar-refractivity contribution in [1.29, 1.82) is 0 Å². The summed E-state index contributed by atoms with van der Waals surface area (Å²) in [5, 5.41) is 17.8. The number of nitrogens with zero attached hydrogens (tertiary/aromatic N) is 3. The van der Waals surface area contributed by atoms with Crippen LogP contribution in [-0.4, -0.2) is 33.1 Å². The van der Waals surface area contributed by atoms with E-state index in [1.54, 1.807) is 0 Å². The summed E-state index contributed by atoms with van der Waals surface area (Å²) in [4.78, 5) is 12.2. The minimum Gasteiger partial charge on any atom is -0.355 e. The number of hydrogen-bond acceptors (Lipinski definition) is 4. The minimum absolute atomic E-state index is 0.114. The zero-order valence-electron chi connectivity index (χ0n) is 12.1. The van der Waals surface area contributed by atoms with E-state index in [0.29, 0.717) is 12.5 Å². The molecule has 3 rings (SSSR count). The zero-order chi connectivity index (χ0) is 14.0. The first-order valence-electron chi connectivity index (χ1n) is 7.77. The maximum absolute atomic E-state index is 12.2. The fourth-order valence-electron chi connectivity index (χ4n) is 3.50. The molecule has 0 radical (unpaired) electrons. The van der Waals surface area contributed by atoms with E-state index in [0.717, 1.165) is 31.5 Å². The molecule has 1 aromatic heterocycles. The van der Waals surface area contributed by atoms with Crippen molar-refractivity contribution >= 4 is 5.91 Å². The van der Waals surface area contributed by atoms with Crippen LogP contribution >= 0.6 is 0 Å². The topological polar surface area (TPSA) is 83.6 Å². The van der Waals surface area contributed by atoms with Gasteiger partial charge in [0.2, 0.25) is 5.91 Å². The quantitative estimate of drug-likeness (QED) is 0.855. The van der Waals surface area contributed by atoms with Crippen LogP contribution in [0.2, 0.25) is 0 Å². The van der Waals surface area contributed by atoms with E-state index in [4.69, 9.17) is 0 Å². The number of aromatic amines is 1. The molecule has 2 N–H and O–H groups in total. The van der Waals surface area contributed by atoms with Crippen LogP contribution in [-0.2, 0) is 10.2 Å². The van der Waals surface area contributed by atoms with Crippen molar-refractivity contribution in [2.75, 3.05) is 6.54 Å². The second-order valence-corrected chi connectivity index (χ2v) is 6.30. The third kappa shape index (κ3) is 2.55. The number of carbonyl (C=O) groups is 1. The first-order valence-corrected chi connectivity index (χ1v) is 7.77. The second-order valence-electron chi connectivity index (χ2n) is 6.30. The predicted octanol–water partition coefficient (Wildman–Crippen LogP) is 1.56. The fraction of sp³-hybridized carbons (Fsp3) is 0.857. The van der Waals surface area contributed by atoms with E-state index in [2.05, 4.69) is 32.9 Å². The van der Waals surface area contributed by atoms with Gasteiger partial charge in [0, 0.05) is 12.5 Å². The number of rotatable bonds is 5. The van der Waals surface area contributed by atoms with Crippen LogP contribution in [0.4, 0.5) is 0 Å². The van der Waals surface area contributed by atoms with E-state index in [1.807, 2.05) is 0 Å². The standard InChI is InChI=1S/C14H23N5O/c1-2-10-8-11(10)12(20)15-9-14(6-4-3-5-7-14)13-16-18-19-17-13/h10-11H,2-9H2,1H3,(H,15,20)(H,16,17,18,19)/t10-,11-/m1/s1. The molecule has 0 saturated heterocycles. The van der Waals surface area contributed by atoms with E-state index in [9.17, 15) is 4.79 Å². The maximum atomic E-state index is 12.2. The molecule has 0 aromatic carbocycles. The van der Waals surface area contributed by atoms with E-state index in [-0.39, 0.29) is 17.2 Å². The molecular formula is C14H23N5O. The van der Waals surface area contributed by atoms with Crippen molar-refractivity contribution in [2.45, 2.75) is 57.3 Å². The summed E-state index contributed by atoms with van der Waals surface area (Å²) in [6, 6.07) is 0. The molecule has 2 aliphatic carbocycles. The molecule has 0 aliphatic heterocycles. The van der Waals surface area contributed by atoms with Crippen LogP contribution in [0.3, 0.4) is 0 Å². The second kappa shape index (κ2) is 5.50. The average molecular weight is 277 g/mol. The SMILES string of the molecule is CC[C@@H]1C[C@H]1C(=O)NCC1(c2nn[nH]n2)CCCCC1. The zero-order valence-corrected chi connectivity index (χ0v) is 12.1. The van der Waals surface area contributed by atoms with Gasteiger partial charge < -0.3 is 5.32 Å². The molecule has 2 fully saturated rings. The van der Waals surface area contributed by atoms with Crippen molar-refractivity contribution in [3.8, 4) is 0 Å². The Kier molecular flexibility index (Phi) is 3.72. The minimum atomic E-state index is -0.114. The first-order chi connectivity index (χ1) is 9.75. The smallest absolute Gasteiger partial charge is 0.223 e. The van der Waals surface area contributed by atoms with Gasteiger partial charge in [0.1, 0.15) is 0 Å². The monoisotopic (exact) mass is 277 g/mol. The van der Waals surface area contributed by atoms with Crippen molar-refractivity contribution in [2.24, 2.45) is 11.8 Å². The molecule has 0 spiro atoms. The Hall–Kier alpha value is -1.46. The summed E-state index contributed by atoms with van der Waals surface area (Å²) in [5.41, 5.74) is -0.114. The van der Waals surface area contributed by atoms with Crippen molar-refractivity contribution < 1.29 is 4.79 Å². The molecule has 2 atom stereocenters. The Morgan fingerprint density at radius 2 is 2.20 bits per heavy atom. The Morgan fingerprint density at radius 1 is 1.40 bits per heavy atom. The lowest BCUT2D eigenvalue weighted by Gasteiger charge is -2.34. The Bertz CT molecular complexity index is 452. The molecular weight excluding hydrogens is 254 g/mol. The Labute approximate surface area is 119 Å². The third-order valence-electron chi connectivity index (χ3n) is 5.02. The number of carbonyl (C=O) groups excluding carboxylic acids is 1. The van der Waals surface area contributed by atoms with Crippen LogP contribution in [0.25, 0.3) is 0 Å². The average Bonchev–Trinajstić information content (AvgIpc) is 3.08. The van der Waals surface area contributed by atoms with Crippen LogP contribution < -0.4 is 5.32 Å². The van der Waals surface area contributed by atoms with Gasteiger partial charge in [-0.05, 0) is 25.2 Å². The number of nitrogens with one attached hydrogen (secondary N) is 2. The summed E-state index contributed by atoms with van der Waals surface area (Å²) >= 11 is 0. The summed E-state index contributed by atoms with van der Waals surface area (Å²) in [7, 11) is 0. The molecule has 0 bridgehead atoms. The van der Waals surface area contributed by atoms with E-state index >= 15 is 0 Å². The summed E-state index contributed by atoms with van der Waals surface area (Å²) in [6.07, 6.45) is 7.83. The predicted molar refractivity (Wildman–Crippen MR) is 73.8 cm³/mol. The van der Waals surface area contributed by atoms with Crippen LogP contribution in [0.15, 0.2) is 0 Å². The van der Waals surface area contributed by atoms with Crippen molar-refractivity contribution in [3.63, 3.8) is 0 Å². The normalized spacial score (nSPS) is 28.1. The van der Waals surface area contributed by atoms with Crippen LogP contribution in [0.5, 0.6) is 0 Å². The highest BCUT2D eigenvalue weighted by molar-refractivity contribution is 5.81. The largest absolute Gasteiger partial charge is 0.355 e. The molecule has 20 heavy (non-hydrogen) atoms. The van der Waals surface area contributed by atoms with Gasteiger partial charge in [-0.1, -0.05) is 37.8 Å². The van der Waals surface area contributed by atoms with Gasteiger partial charge in [-0.25, -0.2) is 0 Å². The van der Waals surface area contributed by atoms with Crippen LogP contribution in [0, 0.1) is 11.8 Å². The van der Waals surface area contributed by atoms with Crippen molar-refractivity contribution in [1.82, 2.24) is 25.9 Å². The third-order valence-corrected chi connectivity index (χ3v) is 5.02. The van der Waals surface area contributed by atoms with Crippen LogP contribution in [0.1, 0.15) is 57.7 Å². The van der Waals surface area contributed by atoms with Gasteiger partial charge in [-0.3, -0.25) is 4.79 Å². The lowest BCUT2D eigenvalue weighted by Crippen LogP contribution is -2.43. The molecule has 1 heterocycles. The summed E-state index contributed by atoms with van der Waals surface area (Å²) in [6.45, 7) is 2.80. The summed E-state index contributed by atoms with van der Waals surface area (Å²) in [5.74, 6) is 1.82. The van der Waals surface area contributed by atoms with E-state index < -0.39 is 0 Å². The van der Waals surface area contributed by atoms with Gasteiger partial charge in [-0.2, -0.15) is 5.21 Å². The number of aromatic nitrogens is 4. The molecule has 6 heteroatoms. The first kappa shape index (κ1) is 13.5. The molecule has 0 unspecified atom stereocenters. The molecule has 2 aliphatic rings. The molecule has 6 nitrogen and oxygen atoms in total. The number of amides is 1. The number of tetrazole rings is 1. The highest BCUT2D eigenvalue weighted by Crippen LogP contribution is 2.42. The fourth-order valence-corrected chi connectivity index (χ4v) is 3.50. The lowest BCUT2D eigenvalue weighted by molar-refractivity contribution is -0.123. The summed E-state index contributed by atoms with van der Waals surface area (Å²) < 4.78 is 0. The van der Waals surface area contributed by atoms with Gasteiger partial charge in [0.25, 0.3) is 0 Å². The molecule has 1 aromatic rings. The number of hydrogen-bond donors (Lipinski definition) is 2. The highest BCUT2D eigenvalue weighted by atomic mass is 16.2. The van der Waals surface area contributed by atoms with Gasteiger partial charge in [0.05, 0.1) is 5.41 Å². The maximum Gasteiger partial charge on any atom is 0.223 e. The Morgan fingerprint density at radius 3 is 2.80 bits per heavy atom. The van der Waals surface area contributed by atoms with Gasteiger partial charge in [-0.15, -0.1) is 10.2 Å². The van der Waals surface area contributed by atoms with Crippen molar-refractivity contribution in [3.05, 3.63) is 5.82 Å². The molecule has 2 saturated carbocycles. The molecule has 1 amide bonds. The van der Waals surface area contributed by atoms with Gasteiger partial charge in [0.15, 0.2) is 5.82 Å². The highest BCUT2D eigenvalue weighted by Gasteiger charge is 2.43. The van der Waals surface area contributed by atoms with Gasteiger partial charge >= 0.3 is 0 Å². The molecule has 110 valence electrons. The number of H-pyrrole nitrogens is 1. The van der Waals surface area contributed by atoms with E-state index in [1.165, 1.54) is 19.3 Å². The lowest BCUT2D eigenvalue weighted by atomic mass is 9.73. The Balaban J connectivity index is 1.64.